The lowest BCUT2D eigenvalue weighted by atomic mass is 10.0. The number of anilines is 2. The highest BCUT2D eigenvalue weighted by molar-refractivity contribution is 6.04. The van der Waals surface area contributed by atoms with Crippen LogP contribution in [0.5, 0.6) is 0 Å². The van der Waals surface area contributed by atoms with Crippen molar-refractivity contribution in [3.8, 4) is 0 Å². The van der Waals surface area contributed by atoms with E-state index in [4.69, 9.17) is 0 Å². The quantitative estimate of drug-likeness (QED) is 0.691. The third-order valence-electron chi connectivity index (χ3n) is 4.08. The normalized spacial score (nSPS) is 10.6. The van der Waals surface area contributed by atoms with Crippen LogP contribution in [0.4, 0.5) is 11.4 Å². The molecule has 2 N–H and O–H groups in total. The molecule has 0 aliphatic carbocycles. The Labute approximate surface area is 153 Å². The molecule has 0 aliphatic rings. The highest BCUT2D eigenvalue weighted by atomic mass is 16.1. The Morgan fingerprint density at radius 2 is 1.69 bits per heavy atom. The number of aromatic nitrogens is 2. The highest BCUT2D eigenvalue weighted by Crippen LogP contribution is 2.18. The Hall–Kier alpha value is -3.21. The summed E-state index contributed by atoms with van der Waals surface area (Å²) in [6, 6.07) is 13.6. The summed E-state index contributed by atoms with van der Waals surface area (Å²) in [4.78, 5) is 20.6. The molecular weight excluding hydrogens is 324 g/mol. The van der Waals surface area contributed by atoms with Crippen LogP contribution in [0, 0.1) is 0 Å². The lowest BCUT2D eigenvalue weighted by Crippen LogP contribution is -2.13. The zero-order valence-corrected chi connectivity index (χ0v) is 14.9. The van der Waals surface area contributed by atoms with Crippen molar-refractivity contribution in [2.24, 2.45) is 0 Å². The third-order valence-corrected chi connectivity index (χ3v) is 4.08. The minimum Gasteiger partial charge on any atom is -0.380 e. The van der Waals surface area contributed by atoms with Crippen LogP contribution in [0.1, 0.15) is 41.3 Å². The molecule has 2 aromatic heterocycles. The fraction of sp³-hybridized carbons (Fsp3) is 0.190. The van der Waals surface area contributed by atoms with Crippen LogP contribution in [-0.4, -0.2) is 15.9 Å². The number of hydrogen-bond acceptors (Lipinski definition) is 4. The fourth-order valence-electron chi connectivity index (χ4n) is 2.52. The van der Waals surface area contributed by atoms with Gasteiger partial charge in [-0.15, -0.1) is 0 Å². The van der Waals surface area contributed by atoms with Crippen molar-refractivity contribution in [2.45, 2.75) is 26.3 Å². The van der Waals surface area contributed by atoms with Gasteiger partial charge in [-0.25, -0.2) is 0 Å². The Bertz CT molecular complexity index is 861. The molecule has 2 heterocycles. The van der Waals surface area contributed by atoms with Crippen molar-refractivity contribution in [1.82, 2.24) is 9.97 Å². The first kappa shape index (κ1) is 17.6. The predicted octanol–water partition coefficient (Wildman–Crippen LogP) is 4.46. The van der Waals surface area contributed by atoms with Crippen LogP contribution in [0.25, 0.3) is 0 Å². The molecule has 0 atom stereocenters. The van der Waals surface area contributed by atoms with Gasteiger partial charge < -0.3 is 10.6 Å². The van der Waals surface area contributed by atoms with Crippen molar-refractivity contribution < 1.29 is 4.79 Å². The molecule has 5 heteroatoms. The summed E-state index contributed by atoms with van der Waals surface area (Å²) in [6.07, 6.45) is 6.78. The molecule has 0 fully saturated rings. The number of pyridine rings is 2. The standard InChI is InChI=1S/C21H22N4O/c1-15(2)17-3-5-19(6-4-17)25-21(26)18-11-20(14-23-13-18)24-12-16-7-9-22-10-8-16/h3-11,13-15,24H,12H2,1-2H3,(H,25,26). The van der Waals surface area contributed by atoms with Crippen molar-refractivity contribution in [3.05, 3.63) is 83.9 Å². The number of amides is 1. The maximum Gasteiger partial charge on any atom is 0.257 e. The van der Waals surface area contributed by atoms with Crippen LogP contribution in [0.2, 0.25) is 0 Å². The summed E-state index contributed by atoms with van der Waals surface area (Å²) in [5, 5.41) is 6.18. The van der Waals surface area contributed by atoms with E-state index in [1.54, 1.807) is 30.9 Å². The third kappa shape index (κ3) is 4.66. The molecule has 0 aliphatic heterocycles. The van der Waals surface area contributed by atoms with Gasteiger partial charge in [0.15, 0.2) is 0 Å². The molecule has 1 aromatic carbocycles. The van der Waals surface area contributed by atoms with Gasteiger partial charge in [0, 0.05) is 37.0 Å². The molecular formula is C21H22N4O. The lowest BCUT2D eigenvalue weighted by molar-refractivity contribution is 0.102. The lowest BCUT2D eigenvalue weighted by Gasteiger charge is -2.10. The summed E-state index contributed by atoms with van der Waals surface area (Å²) in [7, 11) is 0. The Morgan fingerprint density at radius 3 is 2.38 bits per heavy atom. The smallest absolute Gasteiger partial charge is 0.257 e. The summed E-state index contributed by atoms with van der Waals surface area (Å²) in [5.74, 6) is 0.287. The summed E-state index contributed by atoms with van der Waals surface area (Å²) < 4.78 is 0. The van der Waals surface area contributed by atoms with E-state index in [1.807, 2.05) is 36.4 Å². The molecule has 5 nitrogen and oxygen atoms in total. The first-order chi connectivity index (χ1) is 12.6. The molecule has 132 valence electrons. The van der Waals surface area contributed by atoms with E-state index in [-0.39, 0.29) is 5.91 Å². The zero-order valence-electron chi connectivity index (χ0n) is 14.9. The monoisotopic (exact) mass is 346 g/mol. The predicted molar refractivity (Wildman–Crippen MR) is 104 cm³/mol. The number of hydrogen-bond donors (Lipinski definition) is 2. The van der Waals surface area contributed by atoms with Gasteiger partial charge in [0.2, 0.25) is 0 Å². The molecule has 0 unspecified atom stereocenters. The molecule has 26 heavy (non-hydrogen) atoms. The molecule has 0 bridgehead atoms. The second-order valence-corrected chi connectivity index (χ2v) is 6.40. The van der Waals surface area contributed by atoms with Crippen molar-refractivity contribution in [1.29, 1.82) is 0 Å². The summed E-state index contributed by atoms with van der Waals surface area (Å²) in [5.41, 5.74) is 4.43. The van der Waals surface area contributed by atoms with Crippen LogP contribution in [0.15, 0.2) is 67.3 Å². The van der Waals surface area contributed by atoms with E-state index >= 15 is 0 Å². The first-order valence-corrected chi connectivity index (χ1v) is 8.61. The van der Waals surface area contributed by atoms with Gasteiger partial charge in [-0.3, -0.25) is 14.8 Å². The van der Waals surface area contributed by atoms with E-state index in [2.05, 4.69) is 34.4 Å². The average molecular weight is 346 g/mol. The number of nitrogens with one attached hydrogen (secondary N) is 2. The second kappa shape index (κ2) is 8.25. The number of carbonyl (C=O) groups excluding carboxylic acids is 1. The zero-order chi connectivity index (χ0) is 18.4. The van der Waals surface area contributed by atoms with Gasteiger partial charge in [0.25, 0.3) is 5.91 Å². The van der Waals surface area contributed by atoms with E-state index < -0.39 is 0 Å². The van der Waals surface area contributed by atoms with Gasteiger partial charge in [-0.1, -0.05) is 26.0 Å². The number of carbonyl (C=O) groups is 1. The minimum atomic E-state index is -0.178. The second-order valence-electron chi connectivity index (χ2n) is 6.40. The summed E-state index contributed by atoms with van der Waals surface area (Å²) >= 11 is 0. The molecule has 0 radical (unpaired) electrons. The molecule has 1 amide bonds. The average Bonchev–Trinajstić information content (AvgIpc) is 2.68. The summed E-state index contributed by atoms with van der Waals surface area (Å²) in [6.45, 7) is 4.93. The minimum absolute atomic E-state index is 0.178. The van der Waals surface area contributed by atoms with Gasteiger partial charge in [-0.2, -0.15) is 0 Å². The molecule has 0 spiro atoms. The van der Waals surface area contributed by atoms with Crippen molar-refractivity contribution in [3.63, 3.8) is 0 Å². The maximum atomic E-state index is 12.5. The first-order valence-electron chi connectivity index (χ1n) is 8.61. The topological polar surface area (TPSA) is 66.9 Å². The Morgan fingerprint density at radius 1 is 0.962 bits per heavy atom. The molecule has 3 rings (SSSR count). The molecule has 0 saturated carbocycles. The van der Waals surface area contributed by atoms with Gasteiger partial charge in [0.1, 0.15) is 0 Å². The van der Waals surface area contributed by atoms with Crippen molar-refractivity contribution >= 4 is 17.3 Å². The number of benzene rings is 1. The Balaban J connectivity index is 1.64. The van der Waals surface area contributed by atoms with Gasteiger partial charge in [-0.05, 0) is 47.4 Å². The van der Waals surface area contributed by atoms with Crippen LogP contribution >= 0.6 is 0 Å². The van der Waals surface area contributed by atoms with Crippen LogP contribution < -0.4 is 10.6 Å². The van der Waals surface area contributed by atoms with E-state index in [1.165, 1.54) is 5.56 Å². The van der Waals surface area contributed by atoms with E-state index in [0.29, 0.717) is 18.0 Å². The van der Waals surface area contributed by atoms with Crippen LogP contribution in [0.3, 0.4) is 0 Å². The van der Waals surface area contributed by atoms with E-state index in [9.17, 15) is 4.79 Å². The number of rotatable bonds is 6. The molecule has 3 aromatic rings. The van der Waals surface area contributed by atoms with Crippen LogP contribution in [-0.2, 0) is 6.54 Å². The molecule has 0 saturated heterocycles. The maximum absolute atomic E-state index is 12.5. The van der Waals surface area contributed by atoms with Crippen molar-refractivity contribution in [2.75, 3.05) is 10.6 Å². The highest BCUT2D eigenvalue weighted by Gasteiger charge is 2.08. The Kier molecular flexibility index (Phi) is 5.59. The van der Waals surface area contributed by atoms with Gasteiger partial charge >= 0.3 is 0 Å². The largest absolute Gasteiger partial charge is 0.380 e. The van der Waals surface area contributed by atoms with Gasteiger partial charge in [0.05, 0.1) is 11.3 Å². The fourth-order valence-corrected chi connectivity index (χ4v) is 2.52. The SMILES string of the molecule is CC(C)c1ccc(NC(=O)c2cncc(NCc3ccncc3)c2)cc1. The number of nitrogens with zero attached hydrogens (tertiary/aromatic N) is 2. The van der Waals surface area contributed by atoms with E-state index in [0.717, 1.165) is 16.9 Å².